The van der Waals surface area contributed by atoms with Crippen LogP contribution in [0.15, 0.2) is 64.5 Å². The van der Waals surface area contributed by atoms with Crippen LogP contribution in [0.3, 0.4) is 0 Å². The van der Waals surface area contributed by atoms with Crippen molar-refractivity contribution in [2.24, 2.45) is 0 Å². The molecule has 0 saturated carbocycles. The fourth-order valence-electron chi connectivity index (χ4n) is 2.24. The average molecular weight is 455 g/mol. The average Bonchev–Trinajstić information content (AvgIpc) is 2.61. The Morgan fingerprint density at radius 3 is 2.52 bits per heavy atom. The highest BCUT2D eigenvalue weighted by Gasteiger charge is 2.20. The van der Waals surface area contributed by atoms with Gasteiger partial charge in [0.25, 0.3) is 10.1 Å². The number of halogens is 2. The van der Waals surface area contributed by atoms with Gasteiger partial charge in [-0.1, -0.05) is 36.4 Å². The third-order valence-corrected chi connectivity index (χ3v) is 5.50. The van der Waals surface area contributed by atoms with E-state index in [4.69, 9.17) is 8.92 Å². The van der Waals surface area contributed by atoms with Crippen LogP contribution in [0.5, 0.6) is 5.75 Å². The van der Waals surface area contributed by atoms with Gasteiger partial charge in [-0.2, -0.15) is 8.42 Å². The largest absolute Gasteiger partial charge is 0.482 e. The van der Waals surface area contributed by atoms with Gasteiger partial charge >= 0.3 is 0 Å². The topological polar surface area (TPSA) is 52.6 Å². The molecule has 0 bridgehead atoms. The molecule has 0 fully saturated rings. The third kappa shape index (κ3) is 5.76. The van der Waals surface area contributed by atoms with E-state index in [0.29, 0.717) is 15.8 Å². The first-order chi connectivity index (χ1) is 12.8. The Morgan fingerprint density at radius 2 is 1.93 bits per heavy atom. The quantitative estimate of drug-likeness (QED) is 0.402. The zero-order chi connectivity index (χ0) is 20.0. The van der Waals surface area contributed by atoms with Gasteiger partial charge in [-0.3, -0.25) is 4.18 Å². The summed E-state index contributed by atoms with van der Waals surface area (Å²) in [5.41, 5.74) is 1.46. The fraction of sp³-hybridized carbons (Fsp3) is 0.200. The zero-order valence-corrected chi connectivity index (χ0v) is 17.4. The Balaban J connectivity index is 2.17. The molecule has 1 atom stereocenters. The Morgan fingerprint density at radius 1 is 1.26 bits per heavy atom. The van der Waals surface area contributed by atoms with Gasteiger partial charge in [0.05, 0.1) is 9.37 Å². The Bertz CT molecular complexity index is 937. The van der Waals surface area contributed by atoms with Gasteiger partial charge in [0.2, 0.25) is 0 Å². The van der Waals surface area contributed by atoms with E-state index in [2.05, 4.69) is 22.5 Å². The molecule has 0 aliphatic heterocycles. The summed E-state index contributed by atoms with van der Waals surface area (Å²) in [7, 11) is -3.93. The molecule has 0 unspecified atom stereocenters. The van der Waals surface area contributed by atoms with Crippen molar-refractivity contribution in [3.63, 3.8) is 0 Å². The molecular formula is C20H20BrFO4S. The van der Waals surface area contributed by atoms with Crippen LogP contribution >= 0.6 is 15.9 Å². The lowest BCUT2D eigenvalue weighted by molar-refractivity contribution is 0.166. The van der Waals surface area contributed by atoms with Crippen molar-refractivity contribution in [3.8, 4) is 5.75 Å². The maximum atomic E-state index is 13.6. The molecule has 2 aromatic rings. The number of hydrogen-bond acceptors (Lipinski definition) is 4. The summed E-state index contributed by atoms with van der Waals surface area (Å²) in [6, 6.07) is 8.94. The number of allylic oxidation sites excluding steroid dienone is 1. The summed E-state index contributed by atoms with van der Waals surface area (Å²) in [6.45, 7) is 7.05. The van der Waals surface area contributed by atoms with Crippen LogP contribution in [-0.4, -0.2) is 21.1 Å². The van der Waals surface area contributed by atoms with E-state index < -0.39 is 22.0 Å². The minimum atomic E-state index is -3.93. The molecule has 0 aliphatic rings. The third-order valence-electron chi connectivity index (χ3n) is 3.61. The van der Waals surface area contributed by atoms with Gasteiger partial charge < -0.3 is 4.74 Å². The molecule has 7 heteroatoms. The minimum Gasteiger partial charge on any atom is -0.482 e. The summed E-state index contributed by atoms with van der Waals surface area (Å²) < 4.78 is 49.6. The maximum absolute atomic E-state index is 13.6. The molecule has 0 aromatic heterocycles. The van der Waals surface area contributed by atoms with Crippen molar-refractivity contribution in [2.75, 3.05) is 6.61 Å². The summed E-state index contributed by atoms with van der Waals surface area (Å²) in [4.78, 5) is 0.0634. The lowest BCUT2D eigenvalue weighted by Gasteiger charge is -2.18. The second-order valence-electron chi connectivity index (χ2n) is 5.75. The summed E-state index contributed by atoms with van der Waals surface area (Å²) >= 11 is 3.27. The number of ether oxygens (including phenoxy) is 1. The molecule has 0 radical (unpaired) electrons. The molecule has 0 N–H and O–H groups in total. The molecular weight excluding hydrogens is 435 g/mol. The van der Waals surface area contributed by atoms with Gasteiger partial charge in [-0.05, 0) is 60.1 Å². The molecule has 0 aliphatic carbocycles. The van der Waals surface area contributed by atoms with Crippen LogP contribution in [0.4, 0.5) is 4.39 Å². The number of benzene rings is 2. The van der Waals surface area contributed by atoms with Crippen LogP contribution in [0.2, 0.25) is 0 Å². The van der Waals surface area contributed by atoms with Crippen LogP contribution in [0, 0.1) is 12.7 Å². The Hall–Kier alpha value is -1.96. The first kappa shape index (κ1) is 21.3. The molecule has 0 spiro atoms. The van der Waals surface area contributed by atoms with Crippen LogP contribution in [-0.2, 0) is 14.3 Å². The normalized spacial score (nSPS) is 12.9. The molecule has 0 amide bonds. The maximum Gasteiger partial charge on any atom is 0.297 e. The van der Waals surface area contributed by atoms with E-state index in [1.54, 1.807) is 31.2 Å². The predicted molar refractivity (Wildman–Crippen MR) is 108 cm³/mol. The lowest BCUT2D eigenvalue weighted by atomic mass is 10.2. The molecule has 144 valence electrons. The first-order valence-electron chi connectivity index (χ1n) is 8.14. The van der Waals surface area contributed by atoms with E-state index in [-0.39, 0.29) is 11.5 Å². The van der Waals surface area contributed by atoms with Crippen molar-refractivity contribution in [2.45, 2.75) is 24.8 Å². The lowest BCUT2D eigenvalue weighted by Crippen LogP contribution is -2.23. The van der Waals surface area contributed by atoms with Crippen molar-refractivity contribution < 1.29 is 21.7 Å². The van der Waals surface area contributed by atoms with Gasteiger partial charge in [0.1, 0.15) is 24.3 Å². The fourth-order valence-corrected chi connectivity index (χ4v) is 3.70. The van der Waals surface area contributed by atoms with Gasteiger partial charge in [0, 0.05) is 5.56 Å². The van der Waals surface area contributed by atoms with Crippen LogP contribution in [0.1, 0.15) is 18.1 Å². The molecule has 0 saturated heterocycles. The molecule has 2 rings (SSSR count). The monoisotopic (exact) mass is 454 g/mol. The molecule has 27 heavy (non-hydrogen) atoms. The van der Waals surface area contributed by atoms with E-state index in [0.717, 1.165) is 5.56 Å². The SMILES string of the molecule is C=C[C@H](COS(=O)(=O)c1ccc(C)cc1)Oc1c(Br)cc(F)cc1/C=C\C. The van der Waals surface area contributed by atoms with Crippen molar-refractivity contribution >= 4 is 32.1 Å². The minimum absolute atomic E-state index is 0.0634. The first-order valence-corrected chi connectivity index (χ1v) is 10.3. The van der Waals surface area contributed by atoms with E-state index in [9.17, 15) is 12.8 Å². The highest BCUT2D eigenvalue weighted by molar-refractivity contribution is 9.10. The summed E-state index contributed by atoms with van der Waals surface area (Å²) in [6.07, 6.45) is 4.11. The van der Waals surface area contributed by atoms with E-state index in [1.165, 1.54) is 30.3 Å². The number of aryl methyl sites for hydroxylation is 1. The zero-order valence-electron chi connectivity index (χ0n) is 15.0. The van der Waals surface area contributed by atoms with E-state index >= 15 is 0 Å². The van der Waals surface area contributed by atoms with Crippen molar-refractivity contribution in [3.05, 3.63) is 76.5 Å². The summed E-state index contributed by atoms with van der Waals surface area (Å²) in [5.74, 6) is -0.0496. The standard InChI is InChI=1S/C20H20BrFO4S/c1-4-6-15-11-16(22)12-19(21)20(15)26-17(5-2)13-25-27(23,24)18-9-7-14(3)8-10-18/h4-12,17H,2,13H2,1,3H3/b6-4-/t17-/m1/s1. The van der Waals surface area contributed by atoms with Crippen molar-refractivity contribution in [1.29, 1.82) is 0 Å². The molecule has 0 heterocycles. The van der Waals surface area contributed by atoms with Crippen LogP contribution < -0.4 is 4.74 Å². The predicted octanol–water partition coefficient (Wildman–Crippen LogP) is 5.27. The molecule has 4 nitrogen and oxygen atoms in total. The van der Waals surface area contributed by atoms with Gasteiger partial charge in [-0.25, -0.2) is 4.39 Å². The summed E-state index contributed by atoms with van der Waals surface area (Å²) in [5, 5.41) is 0. The highest BCUT2D eigenvalue weighted by Crippen LogP contribution is 2.32. The van der Waals surface area contributed by atoms with Crippen molar-refractivity contribution in [1.82, 2.24) is 0 Å². The second kappa shape index (κ2) is 9.30. The number of hydrogen-bond donors (Lipinski definition) is 0. The second-order valence-corrected chi connectivity index (χ2v) is 8.22. The number of rotatable bonds is 8. The Kier molecular flexibility index (Phi) is 7.35. The highest BCUT2D eigenvalue weighted by atomic mass is 79.9. The Labute approximate surface area is 167 Å². The van der Waals surface area contributed by atoms with Gasteiger partial charge in [0.15, 0.2) is 0 Å². The van der Waals surface area contributed by atoms with Crippen LogP contribution in [0.25, 0.3) is 6.08 Å². The smallest absolute Gasteiger partial charge is 0.297 e. The molecule has 2 aromatic carbocycles. The van der Waals surface area contributed by atoms with E-state index in [1.807, 2.05) is 6.92 Å². The van der Waals surface area contributed by atoms with Gasteiger partial charge in [-0.15, -0.1) is 0 Å².